The quantitative estimate of drug-likeness (QED) is 0.330. The molecule has 0 aliphatic heterocycles. The molecule has 0 spiro atoms. The van der Waals surface area contributed by atoms with Crippen molar-refractivity contribution in [2.45, 2.75) is 51.5 Å². The van der Waals surface area contributed by atoms with Gasteiger partial charge in [0.15, 0.2) is 0 Å². The summed E-state index contributed by atoms with van der Waals surface area (Å²) in [5, 5.41) is 24.0. The maximum absolute atomic E-state index is 12.5. The van der Waals surface area contributed by atoms with E-state index < -0.39 is 0 Å². The molecule has 1 atom stereocenters. The van der Waals surface area contributed by atoms with Crippen LogP contribution in [-0.4, -0.2) is 43.4 Å². The zero-order valence-corrected chi connectivity index (χ0v) is 15.7. The number of amides is 1. The summed E-state index contributed by atoms with van der Waals surface area (Å²) in [6, 6.07) is 2.09. The molecular weight excluding hydrogens is 330 g/mol. The maximum Gasteiger partial charge on any atom is 0.263 e. The number of nitrogens with zero attached hydrogens (tertiary/aromatic N) is 1. The van der Waals surface area contributed by atoms with Gasteiger partial charge in [-0.2, -0.15) is 5.26 Å². The van der Waals surface area contributed by atoms with E-state index in [0.717, 1.165) is 17.8 Å². The molecule has 1 unspecified atom stereocenters. The van der Waals surface area contributed by atoms with Crippen LogP contribution in [0.3, 0.4) is 0 Å². The Morgan fingerprint density at radius 2 is 1.88 bits per heavy atom. The van der Waals surface area contributed by atoms with Crippen molar-refractivity contribution in [2.24, 2.45) is 23.2 Å². The summed E-state index contributed by atoms with van der Waals surface area (Å²) >= 11 is 0. The van der Waals surface area contributed by atoms with Gasteiger partial charge < -0.3 is 20.5 Å². The summed E-state index contributed by atoms with van der Waals surface area (Å²) in [4.78, 5) is 12.5. The molecule has 0 aromatic heterocycles. The average Bonchev–Trinajstić information content (AvgIpc) is 2.60. The molecule has 0 saturated heterocycles. The minimum absolute atomic E-state index is 0.0100. The fourth-order valence-corrected chi connectivity index (χ4v) is 5.76. The van der Waals surface area contributed by atoms with Crippen molar-refractivity contribution in [1.29, 1.82) is 5.26 Å². The molecule has 6 nitrogen and oxygen atoms in total. The van der Waals surface area contributed by atoms with E-state index in [9.17, 15) is 10.1 Å². The fourth-order valence-electron chi connectivity index (χ4n) is 5.76. The third-order valence-corrected chi connectivity index (χ3v) is 6.59. The highest BCUT2D eigenvalue weighted by molar-refractivity contribution is 5.97. The third-order valence-electron chi connectivity index (χ3n) is 6.59. The molecule has 4 fully saturated rings. The van der Waals surface area contributed by atoms with E-state index >= 15 is 0 Å². The van der Waals surface area contributed by atoms with Gasteiger partial charge in [-0.15, -0.1) is 0 Å². The van der Waals surface area contributed by atoms with E-state index in [1.807, 2.05) is 6.07 Å². The molecule has 0 aromatic rings. The summed E-state index contributed by atoms with van der Waals surface area (Å²) in [6.07, 6.45) is 9.29. The second kappa shape index (κ2) is 8.41. The molecule has 4 bridgehead atoms. The number of hydrogen-bond acceptors (Lipinski definition) is 5. The van der Waals surface area contributed by atoms with Gasteiger partial charge in [-0.25, -0.2) is 0 Å². The van der Waals surface area contributed by atoms with Gasteiger partial charge in [0.1, 0.15) is 11.6 Å². The normalized spacial score (nSPS) is 33.6. The van der Waals surface area contributed by atoms with Crippen LogP contribution in [0.4, 0.5) is 0 Å². The van der Waals surface area contributed by atoms with Crippen molar-refractivity contribution < 1.29 is 14.6 Å². The highest BCUT2D eigenvalue weighted by Crippen LogP contribution is 2.61. The SMILES string of the molecule is CC(NC(=O)/C(C#N)=C\NCCOCCO)C12CC3CC(CC(C3)C1)C2. The summed E-state index contributed by atoms with van der Waals surface area (Å²) < 4.78 is 5.14. The van der Waals surface area contributed by atoms with Crippen LogP contribution >= 0.6 is 0 Å². The number of rotatable bonds is 9. The first-order valence-corrected chi connectivity index (χ1v) is 9.89. The number of carbonyl (C=O) groups excluding carboxylic acids is 1. The van der Waals surface area contributed by atoms with Gasteiger partial charge in [0, 0.05) is 18.8 Å². The lowest BCUT2D eigenvalue weighted by atomic mass is 9.48. The molecule has 26 heavy (non-hydrogen) atoms. The van der Waals surface area contributed by atoms with Crippen LogP contribution < -0.4 is 10.6 Å². The molecule has 0 heterocycles. The van der Waals surface area contributed by atoms with E-state index in [-0.39, 0.29) is 29.5 Å². The monoisotopic (exact) mass is 361 g/mol. The van der Waals surface area contributed by atoms with Crippen LogP contribution in [0.5, 0.6) is 0 Å². The van der Waals surface area contributed by atoms with E-state index in [2.05, 4.69) is 17.6 Å². The molecule has 4 saturated carbocycles. The van der Waals surface area contributed by atoms with Crippen molar-refractivity contribution in [3.8, 4) is 6.07 Å². The van der Waals surface area contributed by atoms with Crippen LogP contribution in [0.2, 0.25) is 0 Å². The lowest BCUT2D eigenvalue weighted by Gasteiger charge is -2.59. The standard InChI is InChI=1S/C20H31N3O3/c1-14(20-9-15-6-16(10-20)8-17(7-15)11-20)23-19(25)18(12-21)13-22-2-4-26-5-3-24/h13-17,22,24H,2-11H2,1H3,(H,23,25)/b18-13-. The minimum Gasteiger partial charge on any atom is -0.394 e. The lowest BCUT2D eigenvalue weighted by Crippen LogP contribution is -2.56. The summed E-state index contributed by atoms with van der Waals surface area (Å²) in [6.45, 7) is 3.31. The van der Waals surface area contributed by atoms with E-state index in [1.165, 1.54) is 44.7 Å². The summed E-state index contributed by atoms with van der Waals surface area (Å²) in [5.41, 5.74) is 0.333. The van der Waals surface area contributed by atoms with Crippen LogP contribution in [0.1, 0.15) is 45.4 Å². The average molecular weight is 361 g/mol. The second-order valence-corrected chi connectivity index (χ2v) is 8.43. The molecule has 0 radical (unpaired) electrons. The molecule has 6 heteroatoms. The molecule has 1 amide bonds. The number of aliphatic hydroxyl groups is 1. The first-order valence-electron chi connectivity index (χ1n) is 9.89. The van der Waals surface area contributed by atoms with Gasteiger partial charge in [-0.05, 0) is 68.6 Å². The topological polar surface area (TPSA) is 94.4 Å². The highest BCUT2D eigenvalue weighted by Gasteiger charge is 2.53. The molecule has 3 N–H and O–H groups in total. The van der Waals surface area contributed by atoms with Gasteiger partial charge in [0.2, 0.25) is 0 Å². The fraction of sp³-hybridized carbons (Fsp3) is 0.800. The Morgan fingerprint density at radius 3 is 2.42 bits per heavy atom. The van der Waals surface area contributed by atoms with Gasteiger partial charge in [-0.1, -0.05) is 0 Å². The summed E-state index contributed by atoms with van der Waals surface area (Å²) in [7, 11) is 0. The predicted molar refractivity (Wildman–Crippen MR) is 97.8 cm³/mol. The second-order valence-electron chi connectivity index (χ2n) is 8.43. The van der Waals surface area contributed by atoms with Crippen molar-refractivity contribution in [1.82, 2.24) is 10.6 Å². The van der Waals surface area contributed by atoms with Gasteiger partial charge in [-0.3, -0.25) is 4.79 Å². The lowest BCUT2D eigenvalue weighted by molar-refractivity contribution is -0.122. The predicted octanol–water partition coefficient (Wildman–Crippen LogP) is 1.71. The van der Waals surface area contributed by atoms with Crippen molar-refractivity contribution in [2.75, 3.05) is 26.4 Å². The first-order chi connectivity index (χ1) is 12.6. The van der Waals surface area contributed by atoms with Gasteiger partial charge >= 0.3 is 0 Å². The number of ether oxygens (including phenoxy) is 1. The minimum atomic E-state index is -0.292. The van der Waals surface area contributed by atoms with Crippen molar-refractivity contribution in [3.63, 3.8) is 0 Å². The zero-order chi connectivity index (χ0) is 18.6. The largest absolute Gasteiger partial charge is 0.394 e. The van der Waals surface area contributed by atoms with Gasteiger partial charge in [0.25, 0.3) is 5.91 Å². The van der Waals surface area contributed by atoms with Crippen molar-refractivity contribution >= 4 is 5.91 Å². The smallest absolute Gasteiger partial charge is 0.263 e. The Labute approximate surface area is 156 Å². The molecule has 0 aromatic carbocycles. The number of hydrogen-bond donors (Lipinski definition) is 3. The maximum atomic E-state index is 12.5. The van der Waals surface area contributed by atoms with Crippen molar-refractivity contribution in [3.05, 3.63) is 11.8 Å². The van der Waals surface area contributed by atoms with E-state index in [1.54, 1.807) is 0 Å². The Hall–Kier alpha value is -1.58. The van der Waals surface area contributed by atoms with Crippen LogP contribution in [0.25, 0.3) is 0 Å². The number of carbonyl (C=O) groups is 1. The molecule has 4 rings (SSSR count). The Balaban J connectivity index is 1.52. The third kappa shape index (κ3) is 4.21. The zero-order valence-electron chi connectivity index (χ0n) is 15.7. The van der Waals surface area contributed by atoms with Gasteiger partial charge in [0.05, 0.1) is 19.8 Å². The molecular formula is C20H31N3O3. The number of aliphatic hydroxyl groups excluding tert-OH is 1. The first kappa shape index (κ1) is 19.2. The Kier molecular flexibility index (Phi) is 6.20. The number of nitriles is 1. The van der Waals surface area contributed by atoms with Crippen LogP contribution in [0, 0.1) is 34.5 Å². The molecule has 4 aliphatic rings. The Morgan fingerprint density at radius 1 is 1.27 bits per heavy atom. The van der Waals surface area contributed by atoms with E-state index in [0.29, 0.717) is 19.8 Å². The Bertz CT molecular complexity index is 546. The van der Waals surface area contributed by atoms with Crippen LogP contribution in [0.15, 0.2) is 11.8 Å². The molecule has 4 aliphatic carbocycles. The molecule has 144 valence electrons. The van der Waals surface area contributed by atoms with E-state index in [4.69, 9.17) is 9.84 Å². The summed E-state index contributed by atoms with van der Waals surface area (Å²) in [5.74, 6) is 2.23. The number of nitrogens with one attached hydrogen (secondary N) is 2. The van der Waals surface area contributed by atoms with Crippen LogP contribution in [-0.2, 0) is 9.53 Å². The highest BCUT2D eigenvalue weighted by atomic mass is 16.5.